The van der Waals surface area contributed by atoms with Crippen LogP contribution < -0.4 is 16.0 Å². The van der Waals surface area contributed by atoms with Gasteiger partial charge in [0.15, 0.2) is 27.0 Å². The molecule has 1 fully saturated rings. The summed E-state index contributed by atoms with van der Waals surface area (Å²) in [5.41, 5.74) is -3.78. The van der Waals surface area contributed by atoms with Crippen molar-refractivity contribution in [1.82, 2.24) is 19.7 Å². The number of aromatic hydroxyl groups is 1. The minimum absolute atomic E-state index is 0.156. The van der Waals surface area contributed by atoms with E-state index in [4.69, 9.17) is 27.9 Å². The van der Waals surface area contributed by atoms with Gasteiger partial charge in [-0.15, -0.1) is 0 Å². The third-order valence-electron chi connectivity index (χ3n) is 4.58. The zero-order chi connectivity index (χ0) is 24.1. The molecule has 15 heteroatoms. The van der Waals surface area contributed by atoms with E-state index in [1.54, 1.807) is 4.98 Å². The van der Waals surface area contributed by atoms with Gasteiger partial charge in [-0.3, -0.25) is 9.78 Å². The summed E-state index contributed by atoms with van der Waals surface area (Å²) in [7, 11) is -3.77. The van der Waals surface area contributed by atoms with E-state index >= 15 is 0 Å². The van der Waals surface area contributed by atoms with Crippen LogP contribution in [0, 0.1) is 0 Å². The lowest BCUT2D eigenvalue weighted by Crippen LogP contribution is -2.34. The van der Waals surface area contributed by atoms with Crippen LogP contribution in [0.1, 0.15) is 25.0 Å². The van der Waals surface area contributed by atoms with E-state index in [-0.39, 0.29) is 32.3 Å². The Balaban J connectivity index is 1.72. The number of hydrogen-bond acceptors (Lipinski definition) is 8. The van der Waals surface area contributed by atoms with E-state index in [1.165, 1.54) is 0 Å². The minimum Gasteiger partial charge on any atom is -0.505 e. The van der Waals surface area contributed by atoms with Gasteiger partial charge in [-0.25, -0.2) is 27.0 Å². The van der Waals surface area contributed by atoms with E-state index in [1.807, 2.05) is 0 Å². The first-order valence-corrected chi connectivity index (χ1v) is 11.4. The van der Waals surface area contributed by atoms with E-state index in [0.717, 1.165) is 24.4 Å². The van der Waals surface area contributed by atoms with Crippen molar-refractivity contribution in [2.75, 3.05) is 0 Å². The molecule has 33 heavy (non-hydrogen) atoms. The van der Waals surface area contributed by atoms with Crippen LogP contribution in [0.3, 0.4) is 0 Å². The van der Waals surface area contributed by atoms with E-state index in [2.05, 4.69) is 10.1 Å². The molecule has 0 spiro atoms. The predicted octanol–water partition coefficient (Wildman–Crippen LogP) is 2.99. The van der Waals surface area contributed by atoms with Gasteiger partial charge in [0, 0.05) is 6.07 Å². The van der Waals surface area contributed by atoms with E-state index in [0.29, 0.717) is 17.5 Å². The number of hydrogen-bond donors (Lipinski definition) is 2. The highest BCUT2D eigenvalue weighted by Crippen LogP contribution is 2.41. The van der Waals surface area contributed by atoms with Crippen molar-refractivity contribution in [3.05, 3.63) is 61.0 Å². The lowest BCUT2D eigenvalue weighted by molar-refractivity contribution is 0.141. The van der Waals surface area contributed by atoms with Crippen LogP contribution in [-0.2, 0) is 9.84 Å². The number of nitrogens with zero attached hydrogens (tertiary/aromatic N) is 3. The Hall–Kier alpha value is -3.03. The topological polar surface area (TPSA) is 144 Å². The molecule has 0 bridgehead atoms. The highest BCUT2D eigenvalue weighted by atomic mass is 35.5. The molecule has 2 aromatic heterocycles. The van der Waals surface area contributed by atoms with Gasteiger partial charge in [-0.1, -0.05) is 23.2 Å². The van der Waals surface area contributed by atoms with Crippen LogP contribution >= 0.6 is 23.2 Å². The molecule has 0 radical (unpaired) electrons. The molecule has 1 aliphatic carbocycles. The summed E-state index contributed by atoms with van der Waals surface area (Å²) in [5.74, 6) is -0.982. The number of aromatic amines is 1. The fourth-order valence-corrected chi connectivity index (χ4v) is 5.13. The first-order chi connectivity index (χ1) is 15.5. The molecule has 174 valence electrons. The average Bonchev–Trinajstić information content (AvgIpc) is 3.57. The Kier molecular flexibility index (Phi) is 5.88. The number of H-pyrrole nitrogens is 1. The monoisotopic (exact) mass is 520 g/mol. The van der Waals surface area contributed by atoms with Gasteiger partial charge >= 0.3 is 5.69 Å². The van der Waals surface area contributed by atoms with Crippen LogP contribution in [0.25, 0.3) is 5.69 Å². The maximum Gasteiger partial charge on any atom is 0.349 e. The number of ether oxygens (including phenoxy) is 1. The lowest BCUT2D eigenvalue weighted by atomic mass is 10.3. The van der Waals surface area contributed by atoms with Gasteiger partial charge in [0.2, 0.25) is 5.88 Å². The zero-order valence-corrected chi connectivity index (χ0v) is 18.5. The molecule has 0 saturated heterocycles. The molecular weight excluding hydrogens is 509 g/mol. The van der Waals surface area contributed by atoms with Crippen LogP contribution in [0.15, 0.2) is 38.9 Å². The third kappa shape index (κ3) is 4.43. The lowest BCUT2D eigenvalue weighted by Gasteiger charge is -2.13. The fourth-order valence-electron chi connectivity index (χ4n) is 2.85. The molecule has 4 rings (SSSR count). The maximum absolute atomic E-state index is 13.0. The summed E-state index contributed by atoms with van der Waals surface area (Å²) in [6, 6.07) is 3.23. The number of sulfone groups is 1. The van der Waals surface area contributed by atoms with Gasteiger partial charge in [0.05, 0.1) is 27.2 Å². The Labute approximate surface area is 193 Å². The second-order valence-corrected chi connectivity index (χ2v) is 9.94. The Morgan fingerprint density at radius 3 is 2.39 bits per heavy atom. The van der Waals surface area contributed by atoms with Crippen molar-refractivity contribution >= 4 is 33.0 Å². The third-order valence-corrected chi connectivity index (χ3v) is 7.44. The average molecular weight is 521 g/mol. The quantitative estimate of drug-likeness (QED) is 0.504. The van der Waals surface area contributed by atoms with Crippen LogP contribution in [0.5, 0.6) is 17.4 Å². The molecule has 3 aromatic rings. The molecular formula is C18H12Cl2F2N4O6S. The summed E-state index contributed by atoms with van der Waals surface area (Å²) in [4.78, 5) is 28.7. The molecule has 2 heterocycles. The molecule has 1 aromatic carbocycles. The molecule has 2 N–H and O–H groups in total. The largest absolute Gasteiger partial charge is 0.505 e. The SMILES string of the molecule is O=c1[nH]c(=O)n(-c2cc(Cl)c(Oc3cc(S(=O)(=O)C4CC4)c(O)cn3)c(Cl)c2)nc1C(F)F. The van der Waals surface area contributed by atoms with Crippen molar-refractivity contribution in [3.8, 4) is 23.1 Å². The van der Waals surface area contributed by atoms with E-state index in [9.17, 15) is 31.9 Å². The highest BCUT2D eigenvalue weighted by Gasteiger charge is 2.39. The predicted molar refractivity (Wildman–Crippen MR) is 112 cm³/mol. The number of nitrogens with one attached hydrogen (secondary N) is 1. The van der Waals surface area contributed by atoms with Crippen LogP contribution in [-0.4, -0.2) is 38.5 Å². The molecule has 1 aliphatic rings. The Morgan fingerprint density at radius 1 is 1.18 bits per heavy atom. The van der Waals surface area contributed by atoms with Crippen molar-refractivity contribution < 1.29 is 27.0 Å². The number of alkyl halides is 2. The number of pyridine rings is 1. The molecule has 10 nitrogen and oxygen atoms in total. The minimum atomic E-state index is -3.77. The zero-order valence-electron chi connectivity index (χ0n) is 16.1. The standard InChI is InChI=1S/C18H12Cl2F2N4O6S/c19-9-3-7(26-18(29)24-17(28)14(25-26)16(21)22)4-10(20)15(9)32-13-5-12(11(27)6-23-13)33(30,31)8-1-2-8/h3-6,8,16,27H,1-2H2,(H,24,28,29). The van der Waals surface area contributed by atoms with Gasteiger partial charge < -0.3 is 9.84 Å². The number of rotatable bonds is 6. The van der Waals surface area contributed by atoms with Crippen molar-refractivity contribution in [2.45, 2.75) is 29.4 Å². The summed E-state index contributed by atoms with van der Waals surface area (Å²) in [6.07, 6.45) is -1.39. The van der Waals surface area contributed by atoms with Gasteiger partial charge in [-0.05, 0) is 25.0 Å². The molecule has 0 amide bonds. The highest BCUT2D eigenvalue weighted by molar-refractivity contribution is 7.92. The Bertz CT molecular complexity index is 1460. The number of aromatic nitrogens is 4. The summed E-state index contributed by atoms with van der Waals surface area (Å²) in [5, 5.41) is 12.3. The molecule has 1 saturated carbocycles. The van der Waals surface area contributed by atoms with Crippen molar-refractivity contribution in [2.24, 2.45) is 0 Å². The molecule has 0 atom stereocenters. The second kappa shape index (κ2) is 8.39. The number of halogens is 4. The smallest absolute Gasteiger partial charge is 0.349 e. The van der Waals surface area contributed by atoms with Gasteiger partial charge in [0.1, 0.15) is 4.90 Å². The second-order valence-electron chi connectivity index (χ2n) is 6.93. The first kappa shape index (κ1) is 23.1. The van der Waals surface area contributed by atoms with Crippen molar-refractivity contribution in [3.63, 3.8) is 0 Å². The van der Waals surface area contributed by atoms with Crippen LogP contribution in [0.2, 0.25) is 10.0 Å². The normalized spacial score (nSPS) is 14.0. The van der Waals surface area contributed by atoms with Gasteiger partial charge in [-0.2, -0.15) is 9.78 Å². The molecule has 0 unspecified atom stereocenters. The summed E-state index contributed by atoms with van der Waals surface area (Å²) in [6.45, 7) is 0. The Morgan fingerprint density at radius 2 is 1.82 bits per heavy atom. The van der Waals surface area contributed by atoms with E-state index < -0.39 is 44.2 Å². The molecule has 0 aliphatic heterocycles. The van der Waals surface area contributed by atoms with Gasteiger partial charge in [0.25, 0.3) is 12.0 Å². The maximum atomic E-state index is 13.0. The van der Waals surface area contributed by atoms with Crippen molar-refractivity contribution in [1.29, 1.82) is 0 Å². The fraction of sp³-hybridized carbons (Fsp3) is 0.222. The summed E-state index contributed by atoms with van der Waals surface area (Å²) < 4.78 is 56.9. The first-order valence-electron chi connectivity index (χ1n) is 9.11. The van der Waals surface area contributed by atoms with Crippen LogP contribution in [0.4, 0.5) is 8.78 Å². The summed E-state index contributed by atoms with van der Waals surface area (Å²) >= 11 is 12.3. The number of benzene rings is 1.